The van der Waals surface area contributed by atoms with Crippen molar-refractivity contribution in [3.05, 3.63) is 0 Å². The number of carbonyl (C=O) groups is 1. The molecule has 0 aromatic heterocycles. The normalized spacial score (nSPS) is 15.6. The maximum Gasteiger partial charge on any atom is 0.237 e. The van der Waals surface area contributed by atoms with Crippen LogP contribution < -0.4 is 11.1 Å². The molecule has 3 heteroatoms. The first-order chi connectivity index (χ1) is 5.13. The number of amides is 1. The maximum absolute atomic E-state index is 11.1. The minimum absolute atomic E-state index is 0.0400. The van der Waals surface area contributed by atoms with Crippen molar-refractivity contribution in [1.29, 1.82) is 0 Å². The highest BCUT2D eigenvalue weighted by atomic mass is 16.2. The van der Waals surface area contributed by atoms with Gasteiger partial charge in [0, 0.05) is 6.54 Å². The van der Waals surface area contributed by atoms with Gasteiger partial charge in [0.25, 0.3) is 0 Å². The van der Waals surface area contributed by atoms with Gasteiger partial charge in [-0.25, -0.2) is 0 Å². The lowest BCUT2D eigenvalue weighted by Gasteiger charge is -2.16. The fourth-order valence-electron chi connectivity index (χ4n) is 0.804. The SMILES string of the molecule is CCNC(=O)[C@H](N)[C@@H](C)CC. The first-order valence-corrected chi connectivity index (χ1v) is 4.16. The van der Waals surface area contributed by atoms with E-state index in [9.17, 15) is 4.79 Å². The summed E-state index contributed by atoms with van der Waals surface area (Å²) in [7, 11) is 0. The van der Waals surface area contributed by atoms with E-state index < -0.39 is 0 Å². The van der Waals surface area contributed by atoms with Crippen LogP contribution in [0.5, 0.6) is 0 Å². The second-order valence-corrected chi connectivity index (χ2v) is 2.81. The van der Waals surface area contributed by atoms with Gasteiger partial charge in [-0.05, 0) is 12.8 Å². The molecule has 11 heavy (non-hydrogen) atoms. The minimum Gasteiger partial charge on any atom is -0.355 e. The number of rotatable bonds is 4. The van der Waals surface area contributed by atoms with Crippen LogP contribution in [0.15, 0.2) is 0 Å². The van der Waals surface area contributed by atoms with Crippen LogP contribution in [0.2, 0.25) is 0 Å². The van der Waals surface area contributed by atoms with Gasteiger partial charge in [-0.1, -0.05) is 20.3 Å². The highest BCUT2D eigenvalue weighted by molar-refractivity contribution is 5.81. The number of hydrogen-bond acceptors (Lipinski definition) is 2. The Kier molecular flexibility index (Phi) is 4.86. The Morgan fingerprint density at radius 3 is 2.45 bits per heavy atom. The molecular weight excluding hydrogens is 140 g/mol. The van der Waals surface area contributed by atoms with Gasteiger partial charge < -0.3 is 11.1 Å². The van der Waals surface area contributed by atoms with E-state index in [4.69, 9.17) is 5.73 Å². The highest BCUT2D eigenvalue weighted by Crippen LogP contribution is 2.04. The Bertz CT molecular complexity index is 125. The lowest BCUT2D eigenvalue weighted by molar-refractivity contribution is -0.123. The van der Waals surface area contributed by atoms with Gasteiger partial charge in [-0.15, -0.1) is 0 Å². The molecule has 3 nitrogen and oxygen atoms in total. The summed E-state index contributed by atoms with van der Waals surface area (Å²) in [5.41, 5.74) is 5.65. The van der Waals surface area contributed by atoms with E-state index in [1.807, 2.05) is 20.8 Å². The molecule has 0 bridgehead atoms. The van der Waals surface area contributed by atoms with Gasteiger partial charge in [0.05, 0.1) is 6.04 Å². The summed E-state index contributed by atoms with van der Waals surface area (Å²) < 4.78 is 0. The summed E-state index contributed by atoms with van der Waals surface area (Å²) in [4.78, 5) is 11.1. The number of nitrogens with two attached hydrogens (primary N) is 1. The zero-order valence-corrected chi connectivity index (χ0v) is 7.55. The zero-order chi connectivity index (χ0) is 8.85. The molecule has 0 aromatic carbocycles. The van der Waals surface area contributed by atoms with Crippen molar-refractivity contribution in [1.82, 2.24) is 5.32 Å². The van der Waals surface area contributed by atoms with E-state index in [0.29, 0.717) is 6.54 Å². The molecule has 0 aliphatic rings. The predicted molar refractivity (Wildman–Crippen MR) is 46.1 cm³/mol. The monoisotopic (exact) mass is 158 g/mol. The van der Waals surface area contributed by atoms with E-state index >= 15 is 0 Å². The number of carbonyl (C=O) groups excluding carboxylic acids is 1. The van der Waals surface area contributed by atoms with Crippen LogP contribution in [0.1, 0.15) is 27.2 Å². The molecule has 0 aliphatic heterocycles. The van der Waals surface area contributed by atoms with Crippen LogP contribution >= 0.6 is 0 Å². The summed E-state index contributed by atoms with van der Waals surface area (Å²) in [6.45, 7) is 6.56. The Hall–Kier alpha value is -0.570. The first-order valence-electron chi connectivity index (χ1n) is 4.16. The molecule has 0 heterocycles. The predicted octanol–water partition coefficient (Wildman–Crippen LogP) is 0.496. The first kappa shape index (κ1) is 10.4. The third-order valence-electron chi connectivity index (χ3n) is 1.91. The topological polar surface area (TPSA) is 55.1 Å². The van der Waals surface area contributed by atoms with Crippen LogP contribution in [-0.2, 0) is 4.79 Å². The van der Waals surface area contributed by atoms with E-state index in [0.717, 1.165) is 6.42 Å². The van der Waals surface area contributed by atoms with Crippen molar-refractivity contribution in [3.63, 3.8) is 0 Å². The van der Waals surface area contributed by atoms with Crippen LogP contribution in [0.3, 0.4) is 0 Å². The average molecular weight is 158 g/mol. The van der Waals surface area contributed by atoms with Crippen LogP contribution in [0.25, 0.3) is 0 Å². The van der Waals surface area contributed by atoms with Crippen molar-refractivity contribution in [3.8, 4) is 0 Å². The molecule has 1 amide bonds. The molecule has 0 spiro atoms. The molecule has 66 valence electrons. The molecule has 0 aliphatic carbocycles. The summed E-state index contributed by atoms with van der Waals surface area (Å²) in [5, 5.41) is 2.70. The second kappa shape index (κ2) is 5.13. The van der Waals surface area contributed by atoms with Gasteiger partial charge in [0.15, 0.2) is 0 Å². The van der Waals surface area contributed by atoms with E-state index in [1.54, 1.807) is 0 Å². The summed E-state index contributed by atoms with van der Waals surface area (Å²) in [5.74, 6) is 0.225. The number of hydrogen-bond donors (Lipinski definition) is 2. The quantitative estimate of drug-likeness (QED) is 0.626. The molecule has 0 saturated heterocycles. The van der Waals surface area contributed by atoms with Crippen molar-refractivity contribution >= 4 is 5.91 Å². The molecule has 3 N–H and O–H groups in total. The van der Waals surface area contributed by atoms with Crippen LogP contribution in [0.4, 0.5) is 0 Å². The van der Waals surface area contributed by atoms with Gasteiger partial charge in [0.2, 0.25) is 5.91 Å². The molecule has 2 atom stereocenters. The highest BCUT2D eigenvalue weighted by Gasteiger charge is 2.17. The van der Waals surface area contributed by atoms with Gasteiger partial charge in [-0.2, -0.15) is 0 Å². The summed E-state index contributed by atoms with van der Waals surface area (Å²) in [6, 6.07) is -0.347. The van der Waals surface area contributed by atoms with Crippen molar-refractivity contribution in [2.24, 2.45) is 11.7 Å². The third-order valence-corrected chi connectivity index (χ3v) is 1.91. The Morgan fingerprint density at radius 1 is 1.55 bits per heavy atom. The molecular formula is C8H18N2O. The molecule has 0 rings (SSSR count). The largest absolute Gasteiger partial charge is 0.355 e. The smallest absolute Gasteiger partial charge is 0.237 e. The summed E-state index contributed by atoms with van der Waals surface area (Å²) in [6.07, 6.45) is 0.943. The van der Waals surface area contributed by atoms with Gasteiger partial charge >= 0.3 is 0 Å². The maximum atomic E-state index is 11.1. The average Bonchev–Trinajstić information content (AvgIpc) is 2.02. The zero-order valence-electron chi connectivity index (χ0n) is 7.55. The molecule has 0 radical (unpaired) electrons. The summed E-state index contributed by atoms with van der Waals surface area (Å²) >= 11 is 0. The molecule has 0 aromatic rings. The Morgan fingerprint density at radius 2 is 2.09 bits per heavy atom. The minimum atomic E-state index is -0.347. The molecule has 0 fully saturated rings. The molecule has 0 unspecified atom stereocenters. The van der Waals surface area contributed by atoms with Gasteiger partial charge in [0.1, 0.15) is 0 Å². The van der Waals surface area contributed by atoms with Crippen molar-refractivity contribution in [2.45, 2.75) is 33.2 Å². The lowest BCUT2D eigenvalue weighted by Crippen LogP contribution is -2.44. The standard InChI is InChI=1S/C8H18N2O/c1-4-6(3)7(9)8(11)10-5-2/h6-7H,4-5,9H2,1-3H3,(H,10,11)/t6-,7+/m0/s1. The third kappa shape index (κ3) is 3.37. The van der Waals surface area contributed by atoms with Crippen molar-refractivity contribution in [2.75, 3.05) is 6.54 Å². The van der Waals surface area contributed by atoms with E-state index in [1.165, 1.54) is 0 Å². The Balaban J connectivity index is 3.80. The van der Waals surface area contributed by atoms with Crippen LogP contribution in [-0.4, -0.2) is 18.5 Å². The van der Waals surface area contributed by atoms with E-state index in [2.05, 4.69) is 5.32 Å². The fourth-order valence-corrected chi connectivity index (χ4v) is 0.804. The number of nitrogens with one attached hydrogen (secondary N) is 1. The van der Waals surface area contributed by atoms with E-state index in [-0.39, 0.29) is 17.9 Å². The Labute approximate surface area is 68.3 Å². The van der Waals surface area contributed by atoms with Crippen LogP contribution in [0, 0.1) is 5.92 Å². The fraction of sp³-hybridized carbons (Fsp3) is 0.875. The number of likely N-dealkylation sites (N-methyl/N-ethyl adjacent to an activating group) is 1. The van der Waals surface area contributed by atoms with Crippen molar-refractivity contribution < 1.29 is 4.79 Å². The molecule has 0 saturated carbocycles. The van der Waals surface area contributed by atoms with Gasteiger partial charge in [-0.3, -0.25) is 4.79 Å². The lowest BCUT2D eigenvalue weighted by atomic mass is 9.99. The second-order valence-electron chi connectivity index (χ2n) is 2.81.